The van der Waals surface area contributed by atoms with Crippen molar-refractivity contribution in [2.24, 2.45) is 0 Å². The Balaban J connectivity index is 1.61. The van der Waals surface area contributed by atoms with Gasteiger partial charge in [0.1, 0.15) is 0 Å². The lowest BCUT2D eigenvalue weighted by Crippen LogP contribution is -2.16. The normalized spacial score (nSPS) is 16.9. The number of hydrogen-bond acceptors (Lipinski definition) is 2. The van der Waals surface area contributed by atoms with Gasteiger partial charge in [-0.15, -0.1) is 11.8 Å². The molecule has 1 heterocycles. The van der Waals surface area contributed by atoms with Crippen LogP contribution < -0.4 is 5.32 Å². The average molecular weight is 283 g/mol. The van der Waals surface area contributed by atoms with Gasteiger partial charge in [-0.3, -0.25) is 0 Å². The van der Waals surface area contributed by atoms with Crippen LogP contribution in [0.3, 0.4) is 0 Å². The fourth-order valence-electron chi connectivity index (χ4n) is 2.77. The van der Waals surface area contributed by atoms with Gasteiger partial charge < -0.3 is 5.32 Å². The lowest BCUT2D eigenvalue weighted by atomic mass is 10.1. The first-order chi connectivity index (χ1) is 9.86. The molecule has 2 heteroatoms. The Morgan fingerprint density at radius 1 is 1.10 bits per heavy atom. The molecule has 0 bridgehead atoms. The van der Waals surface area contributed by atoms with Gasteiger partial charge in [-0.2, -0.15) is 0 Å². The average Bonchev–Trinajstić information content (AvgIpc) is 2.89. The van der Waals surface area contributed by atoms with Gasteiger partial charge in [0.25, 0.3) is 0 Å². The van der Waals surface area contributed by atoms with Crippen molar-refractivity contribution < 1.29 is 0 Å². The molecule has 1 N–H and O–H groups in total. The van der Waals surface area contributed by atoms with Crippen LogP contribution in [0.15, 0.2) is 53.4 Å². The smallest absolute Gasteiger partial charge is 0.0373 e. The van der Waals surface area contributed by atoms with E-state index in [1.807, 2.05) is 11.8 Å². The molecule has 1 atom stereocenters. The van der Waals surface area contributed by atoms with E-state index in [0.29, 0.717) is 5.25 Å². The van der Waals surface area contributed by atoms with Gasteiger partial charge in [-0.25, -0.2) is 0 Å². The minimum atomic E-state index is 0.655. The number of nitrogens with one attached hydrogen (secondary N) is 1. The van der Waals surface area contributed by atoms with Crippen molar-refractivity contribution in [3.05, 3.63) is 59.7 Å². The highest BCUT2D eigenvalue weighted by atomic mass is 32.2. The SMILES string of the molecule is CCCc1ccccc1NCC1Cc2ccccc2S1. The van der Waals surface area contributed by atoms with Crippen molar-refractivity contribution >= 4 is 17.4 Å². The number of anilines is 1. The van der Waals surface area contributed by atoms with Crippen molar-refractivity contribution in [1.29, 1.82) is 0 Å². The van der Waals surface area contributed by atoms with E-state index in [1.165, 1.54) is 34.6 Å². The topological polar surface area (TPSA) is 12.0 Å². The molecule has 0 saturated carbocycles. The summed E-state index contributed by atoms with van der Waals surface area (Å²) < 4.78 is 0. The van der Waals surface area contributed by atoms with Crippen LogP contribution in [0.5, 0.6) is 0 Å². The molecular weight excluding hydrogens is 262 g/mol. The fraction of sp³-hybridized carbons (Fsp3) is 0.333. The van der Waals surface area contributed by atoms with E-state index < -0.39 is 0 Å². The van der Waals surface area contributed by atoms with Crippen molar-refractivity contribution in [2.45, 2.75) is 36.3 Å². The predicted octanol–water partition coefficient (Wildman–Crippen LogP) is 4.77. The summed E-state index contributed by atoms with van der Waals surface area (Å²) in [6, 6.07) is 17.5. The molecule has 0 amide bonds. The molecule has 0 radical (unpaired) electrons. The van der Waals surface area contributed by atoms with Crippen LogP contribution in [0.2, 0.25) is 0 Å². The first-order valence-corrected chi connectivity index (χ1v) is 8.31. The van der Waals surface area contributed by atoms with E-state index in [4.69, 9.17) is 0 Å². The summed E-state index contributed by atoms with van der Waals surface area (Å²) in [5.41, 5.74) is 4.26. The van der Waals surface area contributed by atoms with Crippen LogP contribution in [-0.2, 0) is 12.8 Å². The summed E-state index contributed by atoms with van der Waals surface area (Å²) in [5, 5.41) is 4.31. The summed E-state index contributed by atoms with van der Waals surface area (Å²) in [7, 11) is 0. The van der Waals surface area contributed by atoms with Crippen molar-refractivity contribution in [3.8, 4) is 0 Å². The van der Waals surface area contributed by atoms with Crippen LogP contribution in [-0.4, -0.2) is 11.8 Å². The summed E-state index contributed by atoms with van der Waals surface area (Å²) in [6.45, 7) is 3.28. The highest BCUT2D eigenvalue weighted by Crippen LogP contribution is 2.36. The maximum absolute atomic E-state index is 3.65. The Labute approximate surface area is 125 Å². The molecule has 0 fully saturated rings. The van der Waals surface area contributed by atoms with Crippen molar-refractivity contribution in [2.75, 3.05) is 11.9 Å². The minimum absolute atomic E-state index is 0.655. The van der Waals surface area contributed by atoms with E-state index >= 15 is 0 Å². The van der Waals surface area contributed by atoms with E-state index in [1.54, 1.807) is 0 Å². The van der Waals surface area contributed by atoms with E-state index in [2.05, 4.69) is 60.8 Å². The van der Waals surface area contributed by atoms with Crippen LogP contribution in [0, 0.1) is 0 Å². The van der Waals surface area contributed by atoms with E-state index in [9.17, 15) is 0 Å². The molecule has 1 unspecified atom stereocenters. The molecule has 2 aromatic carbocycles. The highest BCUT2D eigenvalue weighted by Gasteiger charge is 2.21. The quantitative estimate of drug-likeness (QED) is 0.848. The number of hydrogen-bond donors (Lipinski definition) is 1. The lowest BCUT2D eigenvalue weighted by molar-refractivity contribution is 0.887. The summed E-state index contributed by atoms with van der Waals surface area (Å²) in [6.07, 6.45) is 3.54. The number of thioether (sulfide) groups is 1. The Morgan fingerprint density at radius 2 is 1.90 bits per heavy atom. The fourth-order valence-corrected chi connectivity index (χ4v) is 4.02. The predicted molar refractivity (Wildman–Crippen MR) is 88.7 cm³/mol. The number of aryl methyl sites for hydroxylation is 1. The molecule has 1 nitrogen and oxygen atoms in total. The number of benzene rings is 2. The zero-order valence-corrected chi connectivity index (χ0v) is 12.7. The second kappa shape index (κ2) is 6.36. The third-order valence-electron chi connectivity index (χ3n) is 3.77. The van der Waals surface area contributed by atoms with Crippen LogP contribution >= 0.6 is 11.8 Å². The van der Waals surface area contributed by atoms with Crippen LogP contribution in [0.4, 0.5) is 5.69 Å². The van der Waals surface area contributed by atoms with Gasteiger partial charge in [-0.1, -0.05) is 49.7 Å². The first kappa shape index (κ1) is 13.6. The molecule has 104 valence electrons. The third-order valence-corrected chi connectivity index (χ3v) is 5.09. The molecule has 0 aliphatic carbocycles. The number of fused-ring (bicyclic) bond motifs is 1. The Hall–Kier alpha value is -1.41. The standard InChI is InChI=1S/C18H21NS/c1-2-7-14-8-3-5-10-17(14)19-13-16-12-15-9-4-6-11-18(15)20-16/h3-6,8-11,16,19H,2,7,12-13H2,1H3. The maximum Gasteiger partial charge on any atom is 0.0373 e. The Bertz CT molecular complexity index is 554. The van der Waals surface area contributed by atoms with Gasteiger partial charge in [0, 0.05) is 22.4 Å². The van der Waals surface area contributed by atoms with Crippen LogP contribution in [0.1, 0.15) is 24.5 Å². The molecule has 0 aromatic heterocycles. The van der Waals surface area contributed by atoms with Gasteiger partial charge in [0.05, 0.1) is 0 Å². The van der Waals surface area contributed by atoms with E-state index in [0.717, 1.165) is 13.0 Å². The van der Waals surface area contributed by atoms with Gasteiger partial charge in [0.15, 0.2) is 0 Å². The Kier molecular flexibility index (Phi) is 4.31. The molecule has 3 rings (SSSR count). The third kappa shape index (κ3) is 3.01. The number of para-hydroxylation sites is 1. The highest BCUT2D eigenvalue weighted by molar-refractivity contribution is 8.00. The maximum atomic E-state index is 3.65. The summed E-state index contributed by atoms with van der Waals surface area (Å²) in [4.78, 5) is 1.46. The second-order valence-electron chi connectivity index (χ2n) is 5.34. The molecule has 20 heavy (non-hydrogen) atoms. The molecule has 0 saturated heterocycles. The van der Waals surface area contributed by atoms with Gasteiger partial charge >= 0.3 is 0 Å². The van der Waals surface area contributed by atoms with Gasteiger partial charge in [-0.05, 0) is 36.1 Å². The first-order valence-electron chi connectivity index (χ1n) is 7.43. The number of rotatable bonds is 5. The van der Waals surface area contributed by atoms with Crippen molar-refractivity contribution in [3.63, 3.8) is 0 Å². The molecule has 1 aliphatic heterocycles. The van der Waals surface area contributed by atoms with E-state index in [-0.39, 0.29) is 0 Å². The molecule has 1 aliphatic rings. The minimum Gasteiger partial charge on any atom is -0.384 e. The molecular formula is C18H21NS. The molecule has 2 aromatic rings. The Morgan fingerprint density at radius 3 is 2.75 bits per heavy atom. The lowest BCUT2D eigenvalue weighted by Gasteiger charge is -2.14. The summed E-state index contributed by atoms with van der Waals surface area (Å²) in [5.74, 6) is 0. The second-order valence-corrected chi connectivity index (χ2v) is 6.68. The zero-order valence-electron chi connectivity index (χ0n) is 11.9. The summed E-state index contributed by atoms with van der Waals surface area (Å²) >= 11 is 2.01. The zero-order chi connectivity index (χ0) is 13.8. The largest absolute Gasteiger partial charge is 0.384 e. The van der Waals surface area contributed by atoms with Crippen molar-refractivity contribution in [1.82, 2.24) is 0 Å². The van der Waals surface area contributed by atoms with Crippen LogP contribution in [0.25, 0.3) is 0 Å². The molecule has 0 spiro atoms. The monoisotopic (exact) mass is 283 g/mol. The van der Waals surface area contributed by atoms with Gasteiger partial charge in [0.2, 0.25) is 0 Å².